The Balaban J connectivity index is 1.62. The number of sulfonamides is 1. The molecular weight excluding hydrogens is 408 g/mol. The van der Waals surface area contributed by atoms with E-state index in [2.05, 4.69) is 0 Å². The Hall–Kier alpha value is -1.89. The first-order chi connectivity index (χ1) is 13.7. The standard InChI is InChI=1S/C22H27ClN2O3S/c1-16-4-9-21(17(2)14-16)29(27,28)25-12-10-19(11-13-25)22(26)24(3)15-18-5-7-20(23)8-6-18/h4-9,14,19H,10-13,15H2,1-3H3. The molecule has 7 heteroatoms. The molecular formula is C22H27ClN2O3S. The lowest BCUT2D eigenvalue weighted by atomic mass is 9.96. The molecule has 0 bridgehead atoms. The molecule has 5 nitrogen and oxygen atoms in total. The molecule has 0 aliphatic carbocycles. The van der Waals surface area contributed by atoms with E-state index < -0.39 is 10.0 Å². The molecule has 1 aliphatic heterocycles. The zero-order valence-corrected chi connectivity index (χ0v) is 18.6. The number of nitrogens with zero attached hydrogens (tertiary/aromatic N) is 2. The van der Waals surface area contributed by atoms with E-state index in [9.17, 15) is 13.2 Å². The van der Waals surface area contributed by atoms with Crippen molar-refractivity contribution < 1.29 is 13.2 Å². The van der Waals surface area contributed by atoms with Crippen molar-refractivity contribution in [3.8, 4) is 0 Å². The predicted molar refractivity (Wildman–Crippen MR) is 115 cm³/mol. The Morgan fingerprint density at radius 1 is 1.10 bits per heavy atom. The van der Waals surface area contributed by atoms with Gasteiger partial charge in [0.1, 0.15) is 0 Å². The number of carbonyl (C=O) groups excluding carboxylic acids is 1. The first-order valence-corrected chi connectivity index (χ1v) is 11.6. The number of benzene rings is 2. The molecule has 1 aliphatic rings. The van der Waals surface area contributed by atoms with Crippen LogP contribution >= 0.6 is 11.6 Å². The topological polar surface area (TPSA) is 57.7 Å². The third kappa shape index (κ3) is 5.00. The molecule has 1 heterocycles. The van der Waals surface area contributed by atoms with Crippen LogP contribution < -0.4 is 0 Å². The maximum absolute atomic E-state index is 13.0. The second-order valence-electron chi connectivity index (χ2n) is 7.77. The zero-order valence-electron chi connectivity index (χ0n) is 17.1. The van der Waals surface area contributed by atoms with Crippen molar-refractivity contribution in [2.45, 2.75) is 38.1 Å². The highest BCUT2D eigenvalue weighted by molar-refractivity contribution is 7.89. The van der Waals surface area contributed by atoms with Crippen molar-refractivity contribution in [2.75, 3.05) is 20.1 Å². The quantitative estimate of drug-likeness (QED) is 0.714. The molecule has 2 aromatic rings. The summed E-state index contributed by atoms with van der Waals surface area (Å²) in [5.41, 5.74) is 2.81. The largest absolute Gasteiger partial charge is 0.341 e. The summed E-state index contributed by atoms with van der Waals surface area (Å²) in [6.07, 6.45) is 1.07. The number of aryl methyl sites for hydroxylation is 2. The first-order valence-electron chi connectivity index (χ1n) is 9.75. The summed E-state index contributed by atoms with van der Waals surface area (Å²) in [6, 6.07) is 12.8. The molecule has 3 rings (SSSR count). The molecule has 1 saturated heterocycles. The monoisotopic (exact) mass is 434 g/mol. The van der Waals surface area contributed by atoms with Gasteiger partial charge in [-0.3, -0.25) is 4.79 Å². The van der Waals surface area contributed by atoms with E-state index in [1.807, 2.05) is 50.2 Å². The maximum atomic E-state index is 13.0. The summed E-state index contributed by atoms with van der Waals surface area (Å²) in [4.78, 5) is 14.9. The molecule has 0 unspecified atom stereocenters. The van der Waals surface area contributed by atoms with E-state index >= 15 is 0 Å². The summed E-state index contributed by atoms with van der Waals surface area (Å²) in [6.45, 7) is 5.00. The summed E-state index contributed by atoms with van der Waals surface area (Å²) < 4.78 is 27.5. The molecule has 1 amide bonds. The molecule has 156 valence electrons. The number of amides is 1. The minimum absolute atomic E-state index is 0.0588. The van der Waals surface area contributed by atoms with Crippen LogP contribution in [-0.4, -0.2) is 43.7 Å². The van der Waals surface area contributed by atoms with Crippen LogP contribution in [0, 0.1) is 19.8 Å². The van der Waals surface area contributed by atoms with Crippen LogP contribution in [0.1, 0.15) is 29.5 Å². The average molecular weight is 435 g/mol. The Morgan fingerprint density at radius 2 is 1.72 bits per heavy atom. The molecule has 1 fully saturated rings. The van der Waals surface area contributed by atoms with E-state index in [1.165, 1.54) is 4.31 Å². The fraction of sp³-hybridized carbons (Fsp3) is 0.409. The second-order valence-corrected chi connectivity index (χ2v) is 10.1. The number of piperidine rings is 1. The Labute approximate surface area is 178 Å². The van der Waals surface area contributed by atoms with Crippen molar-refractivity contribution in [1.82, 2.24) is 9.21 Å². The molecule has 0 saturated carbocycles. The van der Waals surface area contributed by atoms with Crippen molar-refractivity contribution >= 4 is 27.5 Å². The minimum atomic E-state index is -3.54. The fourth-order valence-corrected chi connectivity index (χ4v) is 5.63. The van der Waals surface area contributed by atoms with Crippen LogP contribution in [0.15, 0.2) is 47.4 Å². The van der Waals surface area contributed by atoms with Gasteiger partial charge >= 0.3 is 0 Å². The number of carbonyl (C=O) groups is 1. The van der Waals surface area contributed by atoms with Crippen LogP contribution in [-0.2, 0) is 21.4 Å². The van der Waals surface area contributed by atoms with E-state index in [1.54, 1.807) is 18.0 Å². The normalized spacial score (nSPS) is 16.0. The van der Waals surface area contributed by atoms with Gasteiger partial charge in [0.2, 0.25) is 15.9 Å². The van der Waals surface area contributed by atoms with Gasteiger partial charge in [-0.25, -0.2) is 8.42 Å². The van der Waals surface area contributed by atoms with Crippen LogP contribution in [0.5, 0.6) is 0 Å². The van der Waals surface area contributed by atoms with Crippen molar-refractivity contribution in [3.05, 3.63) is 64.2 Å². The first kappa shape index (κ1) is 21.8. The van der Waals surface area contributed by atoms with E-state index in [0.717, 1.165) is 16.7 Å². The summed E-state index contributed by atoms with van der Waals surface area (Å²) in [7, 11) is -1.75. The Morgan fingerprint density at radius 3 is 2.31 bits per heavy atom. The molecule has 0 N–H and O–H groups in total. The molecule has 29 heavy (non-hydrogen) atoms. The maximum Gasteiger partial charge on any atom is 0.243 e. The SMILES string of the molecule is Cc1ccc(S(=O)(=O)N2CCC(C(=O)N(C)Cc3ccc(Cl)cc3)CC2)c(C)c1. The Kier molecular flexibility index (Phi) is 6.66. The van der Waals surface area contributed by atoms with Crippen molar-refractivity contribution in [3.63, 3.8) is 0 Å². The van der Waals surface area contributed by atoms with Crippen LogP contribution in [0.2, 0.25) is 5.02 Å². The number of rotatable bonds is 5. The summed E-state index contributed by atoms with van der Waals surface area (Å²) in [5.74, 6) is -0.0959. The van der Waals surface area contributed by atoms with Gasteiger partial charge < -0.3 is 4.90 Å². The summed E-state index contributed by atoms with van der Waals surface area (Å²) >= 11 is 5.91. The number of hydrogen-bond acceptors (Lipinski definition) is 3. The molecule has 0 radical (unpaired) electrons. The molecule has 0 aromatic heterocycles. The van der Waals surface area contributed by atoms with Crippen LogP contribution in [0.4, 0.5) is 0 Å². The van der Waals surface area contributed by atoms with Crippen molar-refractivity contribution in [2.24, 2.45) is 5.92 Å². The fourth-order valence-electron chi connectivity index (χ4n) is 3.82. The minimum Gasteiger partial charge on any atom is -0.341 e. The van der Waals surface area contributed by atoms with Gasteiger partial charge in [0.15, 0.2) is 0 Å². The van der Waals surface area contributed by atoms with E-state index in [-0.39, 0.29) is 11.8 Å². The van der Waals surface area contributed by atoms with Crippen LogP contribution in [0.25, 0.3) is 0 Å². The Bertz CT molecular complexity index is 982. The van der Waals surface area contributed by atoms with Crippen molar-refractivity contribution in [1.29, 1.82) is 0 Å². The van der Waals surface area contributed by atoms with Gasteiger partial charge in [-0.1, -0.05) is 41.4 Å². The highest BCUT2D eigenvalue weighted by Gasteiger charge is 2.33. The van der Waals surface area contributed by atoms with E-state index in [0.29, 0.717) is 42.4 Å². The van der Waals surface area contributed by atoms with Gasteiger partial charge in [0.25, 0.3) is 0 Å². The highest BCUT2D eigenvalue weighted by atomic mass is 35.5. The van der Waals surface area contributed by atoms with E-state index in [4.69, 9.17) is 11.6 Å². The molecule has 0 atom stereocenters. The smallest absolute Gasteiger partial charge is 0.243 e. The number of halogens is 1. The second kappa shape index (κ2) is 8.86. The third-order valence-electron chi connectivity index (χ3n) is 5.46. The molecule has 0 spiro atoms. The van der Waals surface area contributed by atoms with Gasteiger partial charge in [0, 0.05) is 37.6 Å². The van der Waals surface area contributed by atoms with Gasteiger partial charge in [-0.05, 0) is 56.0 Å². The zero-order chi connectivity index (χ0) is 21.2. The lowest BCUT2D eigenvalue weighted by Crippen LogP contribution is -2.43. The highest BCUT2D eigenvalue weighted by Crippen LogP contribution is 2.27. The molecule has 2 aromatic carbocycles. The number of hydrogen-bond donors (Lipinski definition) is 0. The average Bonchev–Trinajstić information content (AvgIpc) is 2.69. The van der Waals surface area contributed by atoms with Gasteiger partial charge in [-0.2, -0.15) is 4.31 Å². The lowest BCUT2D eigenvalue weighted by Gasteiger charge is -2.33. The van der Waals surface area contributed by atoms with Gasteiger partial charge in [-0.15, -0.1) is 0 Å². The predicted octanol–water partition coefficient (Wildman–Crippen LogP) is 4.02. The van der Waals surface area contributed by atoms with Gasteiger partial charge in [0.05, 0.1) is 4.90 Å². The third-order valence-corrected chi connectivity index (χ3v) is 7.77. The lowest BCUT2D eigenvalue weighted by molar-refractivity contribution is -0.135. The summed E-state index contributed by atoms with van der Waals surface area (Å²) in [5, 5.41) is 0.667. The van der Waals surface area contributed by atoms with Crippen LogP contribution in [0.3, 0.4) is 0 Å².